The van der Waals surface area contributed by atoms with Crippen LogP contribution < -0.4 is 10.6 Å². The van der Waals surface area contributed by atoms with Gasteiger partial charge in [-0.2, -0.15) is 0 Å². The highest BCUT2D eigenvalue weighted by Gasteiger charge is 2.24. The monoisotopic (exact) mass is 388 g/mol. The Balaban J connectivity index is 1.32. The van der Waals surface area contributed by atoms with Gasteiger partial charge in [0, 0.05) is 51.4 Å². The van der Waals surface area contributed by atoms with E-state index in [1.807, 2.05) is 35.2 Å². The van der Waals surface area contributed by atoms with Gasteiger partial charge < -0.3 is 20.3 Å². The van der Waals surface area contributed by atoms with Crippen molar-refractivity contribution in [2.24, 2.45) is 5.92 Å². The minimum Gasteiger partial charge on any atom is -0.379 e. The molecule has 2 heterocycles. The fourth-order valence-electron chi connectivity index (χ4n) is 3.81. The van der Waals surface area contributed by atoms with E-state index in [9.17, 15) is 9.59 Å². The highest BCUT2D eigenvalue weighted by Crippen LogP contribution is 2.21. The maximum Gasteiger partial charge on any atom is 0.321 e. The van der Waals surface area contributed by atoms with Crippen molar-refractivity contribution >= 4 is 17.6 Å². The van der Waals surface area contributed by atoms with Crippen molar-refractivity contribution in [1.82, 2.24) is 15.1 Å². The number of hydrogen-bond acceptors (Lipinski definition) is 4. The van der Waals surface area contributed by atoms with Gasteiger partial charge >= 0.3 is 6.03 Å². The number of nitrogens with zero attached hydrogens (tertiary/aromatic N) is 2. The van der Waals surface area contributed by atoms with Gasteiger partial charge in [-0.1, -0.05) is 18.2 Å². The summed E-state index contributed by atoms with van der Waals surface area (Å²) >= 11 is 0. The van der Waals surface area contributed by atoms with E-state index in [2.05, 4.69) is 15.5 Å². The third-order valence-electron chi connectivity index (χ3n) is 5.46. The lowest BCUT2D eigenvalue weighted by Crippen LogP contribution is -2.43. The first kappa shape index (κ1) is 20.6. The van der Waals surface area contributed by atoms with Crippen LogP contribution in [0.4, 0.5) is 10.5 Å². The summed E-state index contributed by atoms with van der Waals surface area (Å²) in [6, 6.07) is 9.48. The maximum absolute atomic E-state index is 12.5. The number of ether oxygens (including phenoxy) is 1. The smallest absolute Gasteiger partial charge is 0.321 e. The number of amides is 3. The molecule has 3 rings (SSSR count). The van der Waals surface area contributed by atoms with Gasteiger partial charge in [0.25, 0.3) is 0 Å². The SMILES string of the molecule is O=C(CCC1CCCN(C(=O)Nc2ccccc2)C1)NCCN1CCOCC1. The number of likely N-dealkylation sites (tertiary alicyclic amines) is 1. The zero-order chi connectivity index (χ0) is 19.6. The molecule has 3 amide bonds. The van der Waals surface area contributed by atoms with Crippen LogP contribution in [0.5, 0.6) is 0 Å². The number of anilines is 1. The average molecular weight is 389 g/mol. The second-order valence-electron chi connectivity index (χ2n) is 7.59. The van der Waals surface area contributed by atoms with E-state index >= 15 is 0 Å². The summed E-state index contributed by atoms with van der Waals surface area (Å²) < 4.78 is 5.33. The molecule has 1 atom stereocenters. The molecule has 0 saturated carbocycles. The Morgan fingerprint density at radius 3 is 2.68 bits per heavy atom. The molecule has 28 heavy (non-hydrogen) atoms. The molecule has 1 aromatic rings. The van der Waals surface area contributed by atoms with E-state index in [-0.39, 0.29) is 11.9 Å². The number of carbonyl (C=O) groups is 2. The normalized spacial score (nSPS) is 20.6. The van der Waals surface area contributed by atoms with Crippen molar-refractivity contribution in [3.05, 3.63) is 30.3 Å². The molecule has 0 bridgehead atoms. The zero-order valence-corrected chi connectivity index (χ0v) is 16.6. The molecule has 2 fully saturated rings. The maximum atomic E-state index is 12.5. The van der Waals surface area contributed by atoms with Gasteiger partial charge in [0.2, 0.25) is 5.91 Å². The largest absolute Gasteiger partial charge is 0.379 e. The Labute approximate surface area is 167 Å². The molecule has 7 heteroatoms. The van der Waals surface area contributed by atoms with Crippen molar-refractivity contribution in [3.8, 4) is 0 Å². The lowest BCUT2D eigenvalue weighted by molar-refractivity contribution is -0.121. The summed E-state index contributed by atoms with van der Waals surface area (Å²) in [4.78, 5) is 28.8. The van der Waals surface area contributed by atoms with E-state index in [0.29, 0.717) is 18.9 Å². The Morgan fingerprint density at radius 2 is 1.89 bits per heavy atom. The molecule has 2 saturated heterocycles. The topological polar surface area (TPSA) is 73.9 Å². The lowest BCUT2D eigenvalue weighted by Gasteiger charge is -2.32. The Hall–Kier alpha value is -2.12. The van der Waals surface area contributed by atoms with E-state index in [4.69, 9.17) is 4.74 Å². The molecule has 154 valence electrons. The third kappa shape index (κ3) is 6.80. The molecule has 2 N–H and O–H groups in total. The van der Waals surface area contributed by atoms with Crippen LogP contribution in [0.15, 0.2) is 30.3 Å². The molecular weight excluding hydrogens is 356 g/mol. The molecule has 0 spiro atoms. The summed E-state index contributed by atoms with van der Waals surface area (Å²) in [6.45, 7) is 6.52. The van der Waals surface area contributed by atoms with Crippen molar-refractivity contribution in [1.29, 1.82) is 0 Å². The fraction of sp³-hybridized carbons (Fsp3) is 0.619. The van der Waals surface area contributed by atoms with E-state index < -0.39 is 0 Å². The van der Waals surface area contributed by atoms with E-state index in [1.54, 1.807) is 0 Å². The average Bonchev–Trinajstić information content (AvgIpc) is 2.74. The summed E-state index contributed by atoms with van der Waals surface area (Å²) in [5.74, 6) is 0.499. The third-order valence-corrected chi connectivity index (χ3v) is 5.46. The first-order valence-corrected chi connectivity index (χ1v) is 10.4. The zero-order valence-electron chi connectivity index (χ0n) is 16.6. The number of hydrogen-bond donors (Lipinski definition) is 2. The minimum atomic E-state index is -0.0501. The van der Waals surface area contributed by atoms with Crippen LogP contribution >= 0.6 is 0 Å². The molecule has 0 radical (unpaired) electrons. The lowest BCUT2D eigenvalue weighted by atomic mass is 9.93. The van der Waals surface area contributed by atoms with Crippen LogP contribution in [0.25, 0.3) is 0 Å². The number of carbonyl (C=O) groups excluding carboxylic acids is 2. The molecule has 7 nitrogen and oxygen atoms in total. The molecule has 2 aliphatic rings. The van der Waals surface area contributed by atoms with Gasteiger partial charge in [-0.25, -0.2) is 4.79 Å². The molecule has 1 unspecified atom stereocenters. The van der Waals surface area contributed by atoms with Crippen molar-refractivity contribution < 1.29 is 14.3 Å². The first-order valence-electron chi connectivity index (χ1n) is 10.4. The second-order valence-corrected chi connectivity index (χ2v) is 7.59. The standard InChI is InChI=1S/C21H32N4O3/c26-20(22-10-12-24-13-15-28-16-14-24)9-8-18-5-4-11-25(17-18)21(27)23-19-6-2-1-3-7-19/h1-3,6-7,18H,4-5,8-17H2,(H,22,26)(H,23,27). The highest BCUT2D eigenvalue weighted by molar-refractivity contribution is 5.89. The Bertz CT molecular complexity index is 619. The van der Waals surface area contributed by atoms with Crippen LogP contribution in [0, 0.1) is 5.92 Å². The van der Waals surface area contributed by atoms with Crippen molar-refractivity contribution in [2.45, 2.75) is 25.7 Å². The van der Waals surface area contributed by atoms with Crippen LogP contribution in [-0.2, 0) is 9.53 Å². The van der Waals surface area contributed by atoms with Gasteiger partial charge in [0.15, 0.2) is 0 Å². The Kier molecular flexibility index (Phi) is 8.11. The molecule has 2 aliphatic heterocycles. The predicted molar refractivity (Wildman–Crippen MR) is 109 cm³/mol. The van der Waals surface area contributed by atoms with Gasteiger partial charge in [0.1, 0.15) is 0 Å². The summed E-state index contributed by atoms with van der Waals surface area (Å²) in [7, 11) is 0. The number of benzene rings is 1. The highest BCUT2D eigenvalue weighted by atomic mass is 16.5. The number of urea groups is 1. The van der Waals surface area contributed by atoms with Gasteiger partial charge in [-0.3, -0.25) is 9.69 Å². The van der Waals surface area contributed by atoms with Crippen molar-refractivity contribution in [2.75, 3.05) is 57.8 Å². The molecule has 0 aliphatic carbocycles. The summed E-state index contributed by atoms with van der Waals surface area (Å²) in [5, 5.41) is 5.97. The first-order chi connectivity index (χ1) is 13.7. The van der Waals surface area contributed by atoms with Crippen LogP contribution in [0.1, 0.15) is 25.7 Å². The number of piperidine rings is 1. The van der Waals surface area contributed by atoms with Gasteiger partial charge in [-0.05, 0) is 37.3 Å². The van der Waals surface area contributed by atoms with Gasteiger partial charge in [-0.15, -0.1) is 0 Å². The fourth-order valence-corrected chi connectivity index (χ4v) is 3.81. The van der Waals surface area contributed by atoms with Crippen LogP contribution in [0.2, 0.25) is 0 Å². The Morgan fingerprint density at radius 1 is 1.11 bits per heavy atom. The van der Waals surface area contributed by atoms with Crippen molar-refractivity contribution in [3.63, 3.8) is 0 Å². The summed E-state index contributed by atoms with van der Waals surface area (Å²) in [6.07, 6.45) is 3.43. The van der Waals surface area contributed by atoms with Crippen LogP contribution in [0.3, 0.4) is 0 Å². The van der Waals surface area contributed by atoms with Gasteiger partial charge in [0.05, 0.1) is 13.2 Å². The summed E-state index contributed by atoms with van der Waals surface area (Å²) in [5.41, 5.74) is 0.814. The quantitative estimate of drug-likeness (QED) is 0.751. The van der Waals surface area contributed by atoms with Crippen LogP contribution in [-0.4, -0.2) is 74.2 Å². The number of rotatable bonds is 7. The molecular formula is C21H32N4O3. The van der Waals surface area contributed by atoms with E-state index in [1.165, 1.54) is 0 Å². The van der Waals surface area contributed by atoms with E-state index in [0.717, 1.165) is 70.9 Å². The number of nitrogens with one attached hydrogen (secondary N) is 2. The molecule has 1 aromatic carbocycles. The number of para-hydroxylation sites is 1. The minimum absolute atomic E-state index is 0.0501. The molecule has 0 aromatic heterocycles. The number of morpholine rings is 1. The second kappa shape index (κ2) is 11.0. The predicted octanol–water partition coefficient (Wildman–Crippen LogP) is 2.16.